The molecule has 2 atom stereocenters. The fourth-order valence-corrected chi connectivity index (χ4v) is 4.48. The molecule has 2 unspecified atom stereocenters. The standard InChI is InChI=1S/C30H45N3O8/c1-10-29(7,8)30(11-2,41-20(6)35)28(39)32-17-23(36)16-31-27(38)26(18(3)4)33-25(37)15-22-14-21(19(5)34)12-13-24(22)40-9/h12-14,18,26H,10-11,15-17H2,1-9H3,(H,31,38)(H,32,39)(H,33,37). The summed E-state index contributed by atoms with van der Waals surface area (Å²) >= 11 is 0. The molecular weight excluding hydrogens is 530 g/mol. The third-order valence-electron chi connectivity index (χ3n) is 7.37. The first-order valence-electron chi connectivity index (χ1n) is 13.8. The Morgan fingerprint density at radius 1 is 0.927 bits per heavy atom. The third kappa shape index (κ3) is 9.40. The Morgan fingerprint density at radius 2 is 1.54 bits per heavy atom. The fraction of sp³-hybridized carbons (Fsp3) is 0.600. The second-order valence-electron chi connectivity index (χ2n) is 11.0. The SMILES string of the molecule is CCC(C)(C)C(CC)(OC(C)=O)C(=O)NCC(=O)CNC(=O)C(NC(=O)Cc1cc(C(C)=O)ccc1OC)C(C)C. The highest BCUT2D eigenvalue weighted by Crippen LogP contribution is 2.40. The highest BCUT2D eigenvalue weighted by atomic mass is 16.6. The number of carbonyl (C=O) groups excluding carboxylic acids is 6. The summed E-state index contributed by atoms with van der Waals surface area (Å²) in [6.45, 7) is 12.6. The maximum absolute atomic E-state index is 13.1. The van der Waals surface area contributed by atoms with Gasteiger partial charge in [0, 0.05) is 23.5 Å². The van der Waals surface area contributed by atoms with E-state index in [2.05, 4.69) is 16.0 Å². The molecule has 1 aromatic carbocycles. The zero-order valence-electron chi connectivity index (χ0n) is 25.7. The van der Waals surface area contributed by atoms with E-state index >= 15 is 0 Å². The molecule has 0 fully saturated rings. The Bertz CT molecular complexity index is 1140. The van der Waals surface area contributed by atoms with Crippen molar-refractivity contribution in [3.63, 3.8) is 0 Å². The van der Waals surface area contributed by atoms with E-state index in [0.29, 0.717) is 23.3 Å². The first-order valence-corrected chi connectivity index (χ1v) is 13.8. The van der Waals surface area contributed by atoms with E-state index < -0.39 is 46.5 Å². The summed E-state index contributed by atoms with van der Waals surface area (Å²) < 4.78 is 10.8. The molecule has 0 bridgehead atoms. The van der Waals surface area contributed by atoms with Gasteiger partial charge in [0.25, 0.3) is 5.91 Å². The van der Waals surface area contributed by atoms with Crippen LogP contribution in [0.4, 0.5) is 0 Å². The van der Waals surface area contributed by atoms with Gasteiger partial charge < -0.3 is 25.4 Å². The van der Waals surface area contributed by atoms with Crippen molar-refractivity contribution in [3.05, 3.63) is 29.3 Å². The number of Topliss-reactive ketones (excluding diaryl/α,β-unsaturated/α-hetero) is 2. The van der Waals surface area contributed by atoms with E-state index in [0.717, 1.165) is 0 Å². The summed E-state index contributed by atoms with van der Waals surface area (Å²) in [6.07, 6.45) is 0.634. The average molecular weight is 576 g/mol. The lowest BCUT2D eigenvalue weighted by atomic mass is 9.70. The van der Waals surface area contributed by atoms with E-state index in [4.69, 9.17) is 9.47 Å². The molecule has 1 rings (SSSR count). The van der Waals surface area contributed by atoms with Crippen molar-refractivity contribution in [1.29, 1.82) is 0 Å². The Morgan fingerprint density at radius 3 is 2.02 bits per heavy atom. The van der Waals surface area contributed by atoms with Crippen molar-refractivity contribution in [1.82, 2.24) is 16.0 Å². The molecular formula is C30H45N3O8. The number of nitrogens with one attached hydrogen (secondary N) is 3. The number of hydrogen-bond donors (Lipinski definition) is 3. The molecule has 0 aliphatic rings. The minimum atomic E-state index is -1.46. The number of hydrogen-bond acceptors (Lipinski definition) is 8. The second kappa shape index (κ2) is 15.3. The number of methoxy groups -OCH3 is 1. The van der Waals surface area contributed by atoms with E-state index in [-0.39, 0.29) is 37.6 Å². The van der Waals surface area contributed by atoms with Crippen LogP contribution in [0.3, 0.4) is 0 Å². The molecule has 0 spiro atoms. The summed E-state index contributed by atoms with van der Waals surface area (Å²) in [6, 6.07) is 3.86. The zero-order chi connectivity index (χ0) is 31.5. The maximum Gasteiger partial charge on any atom is 0.303 e. The van der Waals surface area contributed by atoms with Crippen LogP contribution in [0.25, 0.3) is 0 Å². The van der Waals surface area contributed by atoms with Gasteiger partial charge in [-0.1, -0.05) is 41.5 Å². The van der Waals surface area contributed by atoms with Crippen molar-refractivity contribution in [2.24, 2.45) is 11.3 Å². The van der Waals surface area contributed by atoms with Crippen LogP contribution >= 0.6 is 0 Å². The van der Waals surface area contributed by atoms with E-state index in [1.807, 2.05) is 20.8 Å². The van der Waals surface area contributed by atoms with Gasteiger partial charge in [0.05, 0.1) is 26.6 Å². The van der Waals surface area contributed by atoms with Crippen LogP contribution < -0.4 is 20.7 Å². The van der Waals surface area contributed by atoms with Crippen LogP contribution in [-0.2, 0) is 35.1 Å². The Hall–Kier alpha value is -3.76. The first-order chi connectivity index (χ1) is 19.0. The van der Waals surface area contributed by atoms with Crippen LogP contribution in [0.5, 0.6) is 5.75 Å². The quantitative estimate of drug-likeness (QED) is 0.200. The molecule has 0 radical (unpaired) electrons. The Balaban J connectivity index is 2.84. The number of amides is 3. The van der Waals surface area contributed by atoms with Gasteiger partial charge in [-0.05, 0) is 43.9 Å². The van der Waals surface area contributed by atoms with Gasteiger partial charge >= 0.3 is 5.97 Å². The summed E-state index contributed by atoms with van der Waals surface area (Å²) in [4.78, 5) is 75.0. The lowest BCUT2D eigenvalue weighted by molar-refractivity contribution is -0.183. The van der Waals surface area contributed by atoms with E-state index in [1.54, 1.807) is 39.0 Å². The number of ether oxygens (including phenoxy) is 2. The van der Waals surface area contributed by atoms with Crippen molar-refractivity contribution >= 4 is 35.3 Å². The summed E-state index contributed by atoms with van der Waals surface area (Å²) in [5, 5.41) is 7.76. The van der Waals surface area contributed by atoms with E-state index in [1.165, 1.54) is 21.0 Å². The van der Waals surface area contributed by atoms with Gasteiger partial charge in [-0.25, -0.2) is 0 Å². The van der Waals surface area contributed by atoms with E-state index in [9.17, 15) is 28.8 Å². The van der Waals surface area contributed by atoms with Crippen molar-refractivity contribution in [2.75, 3.05) is 20.2 Å². The van der Waals surface area contributed by atoms with Gasteiger partial charge in [0.1, 0.15) is 11.8 Å². The molecule has 0 aliphatic heterocycles. The maximum atomic E-state index is 13.1. The Kier molecular flexibility index (Phi) is 13.2. The minimum absolute atomic E-state index is 0.124. The highest BCUT2D eigenvalue weighted by Gasteiger charge is 2.52. The zero-order valence-corrected chi connectivity index (χ0v) is 25.7. The monoisotopic (exact) mass is 575 g/mol. The lowest BCUT2D eigenvalue weighted by Crippen LogP contribution is -2.59. The molecule has 3 amide bonds. The normalized spacial score (nSPS) is 13.4. The topological polar surface area (TPSA) is 157 Å². The van der Waals surface area contributed by atoms with Gasteiger partial charge in [-0.2, -0.15) is 0 Å². The Labute approximate surface area is 242 Å². The smallest absolute Gasteiger partial charge is 0.303 e. The largest absolute Gasteiger partial charge is 0.496 e. The number of benzene rings is 1. The minimum Gasteiger partial charge on any atom is -0.496 e. The molecule has 1 aromatic rings. The predicted molar refractivity (Wildman–Crippen MR) is 153 cm³/mol. The van der Waals surface area contributed by atoms with Gasteiger partial charge in [-0.15, -0.1) is 0 Å². The van der Waals surface area contributed by atoms with Gasteiger partial charge in [-0.3, -0.25) is 28.8 Å². The summed E-state index contributed by atoms with van der Waals surface area (Å²) in [7, 11) is 1.46. The number of carbonyl (C=O) groups is 6. The molecule has 41 heavy (non-hydrogen) atoms. The molecule has 3 N–H and O–H groups in total. The summed E-state index contributed by atoms with van der Waals surface area (Å²) in [5.41, 5.74) is -1.24. The highest BCUT2D eigenvalue weighted by molar-refractivity contribution is 5.96. The van der Waals surface area contributed by atoms with Crippen molar-refractivity contribution in [3.8, 4) is 5.75 Å². The molecule has 0 heterocycles. The molecule has 11 heteroatoms. The molecule has 0 aromatic heterocycles. The van der Waals surface area contributed by atoms with Crippen LogP contribution in [0, 0.1) is 11.3 Å². The summed E-state index contributed by atoms with van der Waals surface area (Å²) in [5.74, 6) is -2.71. The second-order valence-corrected chi connectivity index (χ2v) is 11.0. The molecule has 228 valence electrons. The number of esters is 1. The molecule has 11 nitrogen and oxygen atoms in total. The van der Waals surface area contributed by atoms with Crippen LogP contribution in [0.1, 0.15) is 84.2 Å². The molecule has 0 saturated carbocycles. The van der Waals surface area contributed by atoms with Crippen molar-refractivity contribution < 1.29 is 38.2 Å². The van der Waals surface area contributed by atoms with Crippen LogP contribution in [0.2, 0.25) is 0 Å². The third-order valence-corrected chi connectivity index (χ3v) is 7.37. The predicted octanol–water partition coefficient (Wildman–Crippen LogP) is 2.53. The van der Waals surface area contributed by atoms with Gasteiger partial charge in [0.2, 0.25) is 11.8 Å². The van der Waals surface area contributed by atoms with Gasteiger partial charge in [0.15, 0.2) is 17.2 Å². The van der Waals surface area contributed by atoms with Crippen LogP contribution in [-0.4, -0.2) is 67.1 Å². The lowest BCUT2D eigenvalue weighted by Gasteiger charge is -2.43. The average Bonchev–Trinajstić information content (AvgIpc) is 2.91. The van der Waals surface area contributed by atoms with Crippen molar-refractivity contribution in [2.45, 2.75) is 86.3 Å². The fourth-order valence-electron chi connectivity index (χ4n) is 4.48. The van der Waals surface area contributed by atoms with Crippen LogP contribution in [0.15, 0.2) is 18.2 Å². The number of ketones is 2. The number of rotatable bonds is 16. The molecule has 0 aliphatic carbocycles. The molecule has 0 saturated heterocycles. The first kappa shape index (κ1) is 35.3.